The summed E-state index contributed by atoms with van der Waals surface area (Å²) in [6.07, 6.45) is 0. The standard InChI is InChI=1S/C13H20BrN3O/c1-3-17(7-6-15)9-13(18)16-12-5-4-10(2)8-11(12)14/h4-5,8H,3,6-7,9,15H2,1-2H3,(H,16,18). The second-order valence-electron chi connectivity index (χ2n) is 4.19. The second-order valence-corrected chi connectivity index (χ2v) is 5.04. The highest BCUT2D eigenvalue weighted by molar-refractivity contribution is 9.10. The highest BCUT2D eigenvalue weighted by Gasteiger charge is 2.09. The Morgan fingerprint density at radius 2 is 2.22 bits per heavy atom. The van der Waals surface area contributed by atoms with E-state index in [0.717, 1.165) is 28.8 Å². The number of nitrogens with two attached hydrogens (primary N) is 1. The number of aryl methyl sites for hydroxylation is 1. The first-order valence-electron chi connectivity index (χ1n) is 6.05. The number of likely N-dealkylation sites (N-methyl/N-ethyl adjacent to an activating group) is 1. The van der Waals surface area contributed by atoms with Crippen molar-refractivity contribution in [1.82, 2.24) is 4.90 Å². The molecule has 0 aliphatic rings. The number of halogens is 1. The molecule has 5 heteroatoms. The molecule has 0 radical (unpaired) electrons. The molecule has 0 unspecified atom stereocenters. The van der Waals surface area contributed by atoms with E-state index in [-0.39, 0.29) is 5.91 Å². The molecule has 0 spiro atoms. The van der Waals surface area contributed by atoms with Crippen molar-refractivity contribution in [2.45, 2.75) is 13.8 Å². The molecule has 1 aromatic carbocycles. The van der Waals surface area contributed by atoms with Gasteiger partial charge in [-0.05, 0) is 47.1 Å². The van der Waals surface area contributed by atoms with E-state index in [1.807, 2.05) is 36.9 Å². The number of hydrogen-bond donors (Lipinski definition) is 2. The Morgan fingerprint density at radius 1 is 1.50 bits per heavy atom. The quantitative estimate of drug-likeness (QED) is 0.844. The summed E-state index contributed by atoms with van der Waals surface area (Å²) in [5.74, 6) is -0.0187. The first kappa shape index (κ1) is 15.1. The molecule has 0 aromatic heterocycles. The molecule has 18 heavy (non-hydrogen) atoms. The molecule has 0 saturated heterocycles. The highest BCUT2D eigenvalue weighted by atomic mass is 79.9. The van der Waals surface area contributed by atoms with Crippen LogP contribution in [0.4, 0.5) is 5.69 Å². The molecule has 0 atom stereocenters. The lowest BCUT2D eigenvalue weighted by Gasteiger charge is -2.19. The van der Waals surface area contributed by atoms with Crippen molar-refractivity contribution in [3.8, 4) is 0 Å². The van der Waals surface area contributed by atoms with Gasteiger partial charge in [-0.2, -0.15) is 0 Å². The van der Waals surface area contributed by atoms with Crippen LogP contribution in [0, 0.1) is 6.92 Å². The number of carbonyl (C=O) groups excluding carboxylic acids is 1. The molecule has 4 nitrogen and oxygen atoms in total. The normalized spacial score (nSPS) is 10.7. The van der Waals surface area contributed by atoms with E-state index in [4.69, 9.17) is 5.73 Å². The molecule has 0 fully saturated rings. The van der Waals surface area contributed by atoms with Crippen molar-refractivity contribution >= 4 is 27.5 Å². The minimum Gasteiger partial charge on any atom is -0.329 e. The minimum absolute atomic E-state index is 0.0187. The summed E-state index contributed by atoms with van der Waals surface area (Å²) in [5, 5.41) is 2.89. The van der Waals surface area contributed by atoms with Crippen LogP contribution in [-0.4, -0.2) is 37.0 Å². The van der Waals surface area contributed by atoms with E-state index in [0.29, 0.717) is 13.1 Å². The van der Waals surface area contributed by atoms with Gasteiger partial charge < -0.3 is 11.1 Å². The van der Waals surface area contributed by atoms with Gasteiger partial charge in [0.1, 0.15) is 0 Å². The monoisotopic (exact) mass is 313 g/mol. The zero-order valence-electron chi connectivity index (χ0n) is 10.9. The number of hydrogen-bond acceptors (Lipinski definition) is 3. The van der Waals surface area contributed by atoms with Gasteiger partial charge >= 0.3 is 0 Å². The van der Waals surface area contributed by atoms with Crippen LogP contribution in [0.25, 0.3) is 0 Å². The van der Waals surface area contributed by atoms with Crippen LogP contribution in [0.2, 0.25) is 0 Å². The number of carbonyl (C=O) groups is 1. The molecule has 100 valence electrons. The molecule has 0 bridgehead atoms. The van der Waals surface area contributed by atoms with E-state index in [1.54, 1.807) is 0 Å². The fourth-order valence-electron chi connectivity index (χ4n) is 1.65. The van der Waals surface area contributed by atoms with Crippen LogP contribution in [0.5, 0.6) is 0 Å². The van der Waals surface area contributed by atoms with E-state index < -0.39 is 0 Å². The summed E-state index contributed by atoms with van der Waals surface area (Å²) in [7, 11) is 0. The van der Waals surface area contributed by atoms with E-state index in [2.05, 4.69) is 21.2 Å². The van der Waals surface area contributed by atoms with E-state index >= 15 is 0 Å². The third-order valence-corrected chi connectivity index (χ3v) is 3.31. The van der Waals surface area contributed by atoms with Crippen molar-refractivity contribution in [2.75, 3.05) is 31.5 Å². The van der Waals surface area contributed by atoms with E-state index in [1.165, 1.54) is 0 Å². The van der Waals surface area contributed by atoms with Gasteiger partial charge in [0, 0.05) is 17.6 Å². The Hall–Kier alpha value is -0.910. The van der Waals surface area contributed by atoms with Crippen molar-refractivity contribution in [1.29, 1.82) is 0 Å². The lowest BCUT2D eigenvalue weighted by atomic mass is 10.2. The number of nitrogens with one attached hydrogen (secondary N) is 1. The zero-order valence-corrected chi connectivity index (χ0v) is 12.5. The van der Waals surface area contributed by atoms with Crippen LogP contribution in [0.3, 0.4) is 0 Å². The summed E-state index contributed by atoms with van der Waals surface area (Å²) in [6, 6.07) is 5.85. The average molecular weight is 314 g/mol. The number of amides is 1. The lowest BCUT2D eigenvalue weighted by molar-refractivity contribution is -0.117. The molecule has 1 aromatic rings. The van der Waals surface area contributed by atoms with Gasteiger partial charge in [-0.15, -0.1) is 0 Å². The summed E-state index contributed by atoms with van der Waals surface area (Å²) >= 11 is 3.44. The second kappa shape index (κ2) is 7.51. The molecule has 1 rings (SSSR count). The summed E-state index contributed by atoms with van der Waals surface area (Å²) in [5.41, 5.74) is 7.44. The lowest BCUT2D eigenvalue weighted by Crippen LogP contribution is -2.36. The Bertz CT molecular complexity index is 409. The van der Waals surface area contributed by atoms with Crippen LogP contribution >= 0.6 is 15.9 Å². The summed E-state index contributed by atoms with van der Waals surface area (Å²) < 4.78 is 0.901. The molecule has 0 aliphatic heterocycles. The number of benzene rings is 1. The summed E-state index contributed by atoms with van der Waals surface area (Å²) in [4.78, 5) is 13.9. The van der Waals surface area contributed by atoms with Gasteiger partial charge in [0.15, 0.2) is 0 Å². The van der Waals surface area contributed by atoms with Gasteiger partial charge in [0.2, 0.25) is 5.91 Å². The number of anilines is 1. The molecular formula is C13H20BrN3O. The smallest absolute Gasteiger partial charge is 0.238 e. The summed E-state index contributed by atoms with van der Waals surface area (Å²) in [6.45, 7) is 6.52. The van der Waals surface area contributed by atoms with Gasteiger partial charge in [-0.3, -0.25) is 9.69 Å². The first-order valence-corrected chi connectivity index (χ1v) is 6.84. The fraction of sp³-hybridized carbons (Fsp3) is 0.462. The van der Waals surface area contributed by atoms with Crippen LogP contribution in [0.15, 0.2) is 22.7 Å². The fourth-order valence-corrected chi connectivity index (χ4v) is 2.24. The number of nitrogens with zero attached hydrogens (tertiary/aromatic N) is 1. The Morgan fingerprint density at radius 3 is 2.78 bits per heavy atom. The van der Waals surface area contributed by atoms with Crippen molar-refractivity contribution in [3.05, 3.63) is 28.2 Å². The first-order chi connectivity index (χ1) is 8.56. The highest BCUT2D eigenvalue weighted by Crippen LogP contribution is 2.23. The zero-order chi connectivity index (χ0) is 13.5. The van der Waals surface area contributed by atoms with Crippen molar-refractivity contribution in [3.63, 3.8) is 0 Å². The maximum atomic E-state index is 11.9. The molecule has 1 amide bonds. The SMILES string of the molecule is CCN(CCN)CC(=O)Nc1ccc(C)cc1Br. The van der Waals surface area contributed by atoms with Gasteiger partial charge in [0.25, 0.3) is 0 Å². The molecule has 0 heterocycles. The van der Waals surface area contributed by atoms with Crippen molar-refractivity contribution in [2.24, 2.45) is 5.73 Å². The maximum Gasteiger partial charge on any atom is 0.238 e. The minimum atomic E-state index is -0.0187. The van der Waals surface area contributed by atoms with Crippen LogP contribution < -0.4 is 11.1 Å². The van der Waals surface area contributed by atoms with Gasteiger partial charge in [-0.25, -0.2) is 0 Å². The van der Waals surface area contributed by atoms with E-state index in [9.17, 15) is 4.79 Å². The maximum absolute atomic E-state index is 11.9. The van der Waals surface area contributed by atoms with Gasteiger partial charge in [-0.1, -0.05) is 13.0 Å². The molecular weight excluding hydrogens is 294 g/mol. The third kappa shape index (κ3) is 4.76. The predicted molar refractivity (Wildman–Crippen MR) is 78.7 cm³/mol. The molecule has 0 saturated carbocycles. The topological polar surface area (TPSA) is 58.4 Å². The Labute approximate surface area is 117 Å². The van der Waals surface area contributed by atoms with Gasteiger partial charge in [0.05, 0.1) is 12.2 Å². The Balaban J connectivity index is 2.58. The van der Waals surface area contributed by atoms with Crippen LogP contribution in [0.1, 0.15) is 12.5 Å². The predicted octanol–water partition coefficient (Wildman–Crippen LogP) is 1.98. The molecule has 3 N–H and O–H groups in total. The Kier molecular flexibility index (Phi) is 6.32. The molecule has 0 aliphatic carbocycles. The van der Waals surface area contributed by atoms with Crippen LogP contribution in [-0.2, 0) is 4.79 Å². The average Bonchev–Trinajstić information content (AvgIpc) is 2.32. The third-order valence-electron chi connectivity index (χ3n) is 2.66. The largest absolute Gasteiger partial charge is 0.329 e. The number of rotatable bonds is 6. The van der Waals surface area contributed by atoms with Crippen molar-refractivity contribution < 1.29 is 4.79 Å².